The molecule has 2 fully saturated rings. The van der Waals surface area contributed by atoms with Crippen molar-refractivity contribution >= 4 is 40.7 Å². The van der Waals surface area contributed by atoms with E-state index < -0.39 is 46.9 Å². The Morgan fingerprint density at radius 1 is 0.824 bits per heavy atom. The molecule has 0 saturated carbocycles. The Morgan fingerprint density at radius 2 is 1.47 bits per heavy atom. The normalized spacial score (nSPS) is 24.8. The van der Waals surface area contributed by atoms with Crippen molar-refractivity contribution in [2.24, 2.45) is 11.8 Å². The minimum Gasteiger partial charge on any atom is -0.349 e. The van der Waals surface area contributed by atoms with Gasteiger partial charge in [-0.1, -0.05) is 77.8 Å². The maximum Gasteiger partial charge on any atom is 0.241 e. The van der Waals surface area contributed by atoms with Gasteiger partial charge in [0.1, 0.15) is 0 Å². The summed E-state index contributed by atoms with van der Waals surface area (Å²) in [4.78, 5) is 56.1. The van der Waals surface area contributed by atoms with Crippen molar-refractivity contribution in [3.63, 3.8) is 0 Å². The quantitative estimate of drug-likeness (QED) is 0.410. The van der Waals surface area contributed by atoms with Crippen LogP contribution < -0.4 is 4.90 Å². The number of para-hydroxylation sites is 1. The highest BCUT2D eigenvalue weighted by Gasteiger charge is 2.74. The first-order valence-corrected chi connectivity index (χ1v) is 11.3. The van der Waals surface area contributed by atoms with Gasteiger partial charge < -0.3 is 4.74 Å². The van der Waals surface area contributed by atoms with E-state index in [1.54, 1.807) is 54.6 Å². The van der Waals surface area contributed by atoms with E-state index in [-0.39, 0.29) is 21.8 Å². The van der Waals surface area contributed by atoms with Gasteiger partial charge in [-0.3, -0.25) is 19.2 Å². The fraction of sp³-hybridized carbons (Fsp3) is 0.185. The zero-order chi connectivity index (χ0) is 23.8. The molecule has 2 saturated heterocycles. The molecule has 2 aliphatic heterocycles. The third-order valence-corrected chi connectivity index (χ3v) is 7.30. The number of hydrogen-bond donors (Lipinski definition) is 0. The van der Waals surface area contributed by atoms with Crippen LogP contribution in [0.4, 0.5) is 5.69 Å². The van der Waals surface area contributed by atoms with Gasteiger partial charge in [-0.05, 0) is 24.6 Å². The number of carbonyl (C=O) groups is 4. The van der Waals surface area contributed by atoms with Gasteiger partial charge in [-0.2, -0.15) is 0 Å². The number of anilines is 1. The van der Waals surface area contributed by atoms with Crippen LogP contribution in [0.25, 0.3) is 0 Å². The summed E-state index contributed by atoms with van der Waals surface area (Å²) in [7, 11) is 0. The molecule has 3 aliphatic rings. The predicted molar refractivity (Wildman–Crippen MR) is 124 cm³/mol. The number of ether oxygens (including phenoxy) is 1. The molecule has 3 aromatic rings. The summed E-state index contributed by atoms with van der Waals surface area (Å²) in [5.41, 5.74) is 0.0875. The minimum absolute atomic E-state index is 0.201. The van der Waals surface area contributed by atoms with Crippen LogP contribution in [-0.2, 0) is 14.3 Å². The molecule has 3 aromatic carbocycles. The molecule has 34 heavy (non-hydrogen) atoms. The molecule has 2 amide bonds. The summed E-state index contributed by atoms with van der Waals surface area (Å²) >= 11 is 6.34. The molecular weight excluding hydrogens is 454 g/mol. The number of carbonyl (C=O) groups excluding carboxylic acids is 4. The Labute approximate surface area is 200 Å². The van der Waals surface area contributed by atoms with E-state index in [2.05, 4.69) is 0 Å². The summed E-state index contributed by atoms with van der Waals surface area (Å²) in [5.74, 6) is -4.71. The van der Waals surface area contributed by atoms with Crippen molar-refractivity contribution in [1.82, 2.24) is 0 Å². The van der Waals surface area contributed by atoms with Crippen LogP contribution in [-0.4, -0.2) is 29.0 Å². The Balaban J connectivity index is 1.57. The van der Waals surface area contributed by atoms with Crippen molar-refractivity contribution in [2.75, 3.05) is 4.90 Å². The number of Topliss-reactive ketones (excluding diaryl/α,β-unsaturated/α-hetero) is 2. The van der Waals surface area contributed by atoms with Crippen LogP contribution in [0.2, 0.25) is 5.02 Å². The Morgan fingerprint density at radius 3 is 2.12 bits per heavy atom. The second-order valence-electron chi connectivity index (χ2n) is 8.86. The number of aryl methyl sites for hydroxylation is 1. The zero-order valence-electron chi connectivity index (χ0n) is 18.0. The van der Waals surface area contributed by atoms with E-state index in [4.69, 9.17) is 16.3 Å². The van der Waals surface area contributed by atoms with Gasteiger partial charge in [0.25, 0.3) is 0 Å². The van der Waals surface area contributed by atoms with Crippen LogP contribution in [0.5, 0.6) is 0 Å². The van der Waals surface area contributed by atoms with Crippen LogP contribution in [0, 0.1) is 18.8 Å². The zero-order valence-corrected chi connectivity index (χ0v) is 18.8. The molecule has 0 bridgehead atoms. The molecule has 1 spiro atoms. The average molecular weight is 472 g/mol. The third-order valence-electron chi connectivity index (χ3n) is 6.98. The van der Waals surface area contributed by atoms with E-state index in [1.807, 2.05) is 25.1 Å². The van der Waals surface area contributed by atoms with Crippen LogP contribution >= 0.6 is 11.6 Å². The maximum atomic E-state index is 13.9. The van der Waals surface area contributed by atoms with Crippen LogP contribution in [0.15, 0.2) is 72.8 Å². The molecule has 168 valence electrons. The van der Waals surface area contributed by atoms with Gasteiger partial charge in [0, 0.05) is 11.1 Å². The highest BCUT2D eigenvalue weighted by molar-refractivity contribution is 6.39. The van der Waals surface area contributed by atoms with Crippen LogP contribution in [0.1, 0.15) is 37.9 Å². The molecule has 7 heteroatoms. The van der Waals surface area contributed by atoms with E-state index in [0.29, 0.717) is 5.56 Å². The number of imide groups is 1. The number of halogens is 1. The smallest absolute Gasteiger partial charge is 0.241 e. The molecule has 0 unspecified atom stereocenters. The Kier molecular flexibility index (Phi) is 4.43. The number of fused-ring (bicyclic) bond motifs is 3. The van der Waals surface area contributed by atoms with Gasteiger partial charge in [-0.25, -0.2) is 4.90 Å². The number of benzene rings is 3. The Hall–Kier alpha value is -3.61. The Bertz CT molecular complexity index is 1390. The monoisotopic (exact) mass is 471 g/mol. The SMILES string of the molecule is Cc1cccc([C@H]2OC3(C(=O)c4ccccc4C3=O)[C@H]3C(=O)N(c4ccccc4Cl)C(=O)[C@@H]23)c1. The first-order chi connectivity index (χ1) is 16.4. The maximum absolute atomic E-state index is 13.9. The van der Waals surface area contributed by atoms with E-state index in [0.717, 1.165) is 10.5 Å². The highest BCUT2D eigenvalue weighted by Crippen LogP contribution is 2.58. The number of rotatable bonds is 2. The van der Waals surface area contributed by atoms with Crippen LogP contribution in [0.3, 0.4) is 0 Å². The van der Waals surface area contributed by atoms with Crippen molar-refractivity contribution in [3.05, 3.63) is 100 Å². The van der Waals surface area contributed by atoms with Gasteiger partial charge in [0.05, 0.1) is 28.6 Å². The molecule has 0 aromatic heterocycles. The number of nitrogens with zero attached hydrogens (tertiary/aromatic N) is 1. The number of ketones is 2. The lowest BCUT2D eigenvalue weighted by Gasteiger charge is -2.27. The fourth-order valence-corrected chi connectivity index (χ4v) is 5.76. The van der Waals surface area contributed by atoms with Crippen molar-refractivity contribution < 1.29 is 23.9 Å². The van der Waals surface area contributed by atoms with Gasteiger partial charge >= 0.3 is 0 Å². The summed E-state index contributed by atoms with van der Waals surface area (Å²) in [5, 5.41) is 0.221. The molecule has 0 radical (unpaired) electrons. The number of hydrogen-bond acceptors (Lipinski definition) is 5. The summed E-state index contributed by atoms with van der Waals surface area (Å²) in [6, 6.07) is 20.3. The summed E-state index contributed by atoms with van der Waals surface area (Å²) in [6.45, 7) is 1.89. The molecule has 6 nitrogen and oxygen atoms in total. The highest BCUT2D eigenvalue weighted by atomic mass is 35.5. The molecule has 2 heterocycles. The fourth-order valence-electron chi connectivity index (χ4n) is 5.54. The van der Waals surface area contributed by atoms with Gasteiger partial charge in [0.15, 0.2) is 0 Å². The minimum atomic E-state index is -2.09. The molecule has 1 aliphatic carbocycles. The number of amides is 2. The molecule has 6 rings (SSSR count). The summed E-state index contributed by atoms with van der Waals surface area (Å²) in [6.07, 6.45) is -0.948. The lowest BCUT2D eigenvalue weighted by atomic mass is 9.77. The van der Waals surface area contributed by atoms with Gasteiger partial charge in [-0.15, -0.1) is 0 Å². The molecule has 3 atom stereocenters. The van der Waals surface area contributed by atoms with E-state index in [1.165, 1.54) is 0 Å². The standard InChI is InChI=1S/C27H18ClNO5/c1-14-7-6-8-15(13-14)22-20-21(26(33)29(25(20)32)19-12-5-4-11-18(19)28)27(34-22)23(30)16-9-2-3-10-17(16)24(27)31/h2-13,20-22H,1H3/t20-,21-,22-/m1/s1. The first-order valence-electron chi connectivity index (χ1n) is 10.9. The molecular formula is C27H18ClNO5. The average Bonchev–Trinajstić information content (AvgIpc) is 3.40. The van der Waals surface area contributed by atoms with Crippen molar-refractivity contribution in [2.45, 2.75) is 18.6 Å². The third kappa shape index (κ3) is 2.55. The predicted octanol–water partition coefficient (Wildman–Crippen LogP) is 4.34. The van der Waals surface area contributed by atoms with Crippen molar-refractivity contribution in [3.8, 4) is 0 Å². The van der Waals surface area contributed by atoms with Crippen molar-refractivity contribution in [1.29, 1.82) is 0 Å². The second-order valence-corrected chi connectivity index (χ2v) is 9.27. The lowest BCUT2D eigenvalue weighted by Crippen LogP contribution is -2.51. The topological polar surface area (TPSA) is 80.8 Å². The first kappa shape index (κ1) is 21.0. The van der Waals surface area contributed by atoms with E-state index >= 15 is 0 Å². The second kappa shape index (κ2) is 7.19. The summed E-state index contributed by atoms with van der Waals surface area (Å²) < 4.78 is 6.28. The largest absolute Gasteiger partial charge is 0.349 e. The lowest BCUT2D eigenvalue weighted by molar-refractivity contribution is -0.127. The van der Waals surface area contributed by atoms with Gasteiger partial charge in [0.2, 0.25) is 29.0 Å². The van der Waals surface area contributed by atoms with E-state index in [9.17, 15) is 19.2 Å². The molecule has 0 N–H and O–H groups in total.